The molecule has 178 valence electrons. The van der Waals surface area contributed by atoms with Crippen LogP contribution >= 0.6 is 0 Å². The maximum absolute atomic E-state index is 13.7. The summed E-state index contributed by atoms with van der Waals surface area (Å²) in [4.78, 5) is 14.8. The van der Waals surface area contributed by atoms with Gasteiger partial charge in [-0.1, -0.05) is 32.9 Å². The molecule has 0 radical (unpaired) electrons. The van der Waals surface area contributed by atoms with Gasteiger partial charge in [0.15, 0.2) is 0 Å². The first-order valence-electron chi connectivity index (χ1n) is 11.9. The zero-order valence-electron chi connectivity index (χ0n) is 19.8. The third-order valence-electron chi connectivity index (χ3n) is 6.52. The largest absolute Gasteiger partial charge is 0.381 e. The molecule has 0 atom stereocenters. The van der Waals surface area contributed by atoms with Crippen LogP contribution in [-0.4, -0.2) is 40.6 Å². The van der Waals surface area contributed by atoms with E-state index in [1.807, 2.05) is 43.0 Å². The van der Waals surface area contributed by atoms with Crippen molar-refractivity contribution in [1.29, 1.82) is 0 Å². The predicted molar refractivity (Wildman–Crippen MR) is 131 cm³/mol. The smallest absolute Gasteiger partial charge is 0.264 e. The van der Waals surface area contributed by atoms with E-state index in [4.69, 9.17) is 4.74 Å². The summed E-state index contributed by atoms with van der Waals surface area (Å²) in [5.74, 6) is 0.626. The molecule has 2 aliphatic heterocycles. The summed E-state index contributed by atoms with van der Waals surface area (Å²) in [7, 11) is -3.77. The quantitative estimate of drug-likeness (QED) is 0.573. The molecule has 2 aromatic carbocycles. The maximum Gasteiger partial charge on any atom is 0.264 e. The van der Waals surface area contributed by atoms with Crippen LogP contribution in [0.25, 0.3) is 0 Å². The SMILES string of the molecule is CCc1ccc(N(CC(C)C)S(=O)(=O)c2ccc3c(c2)CC(=O)N3CC2CCOCC2)cc1. The number of fused-ring (bicyclic) bond motifs is 1. The highest BCUT2D eigenvalue weighted by Crippen LogP contribution is 2.34. The molecule has 2 aromatic rings. The molecule has 0 saturated carbocycles. The highest BCUT2D eigenvalue weighted by Gasteiger charge is 2.33. The fourth-order valence-corrected chi connectivity index (χ4v) is 6.29. The summed E-state index contributed by atoms with van der Waals surface area (Å²) in [6, 6.07) is 12.9. The van der Waals surface area contributed by atoms with Crippen LogP contribution in [0.2, 0.25) is 0 Å². The Hall–Kier alpha value is -2.38. The molecule has 1 fully saturated rings. The van der Waals surface area contributed by atoms with Crippen LogP contribution in [0.5, 0.6) is 0 Å². The first-order valence-corrected chi connectivity index (χ1v) is 13.4. The minimum Gasteiger partial charge on any atom is -0.381 e. The highest BCUT2D eigenvalue weighted by atomic mass is 32.2. The van der Waals surface area contributed by atoms with Gasteiger partial charge in [-0.2, -0.15) is 0 Å². The van der Waals surface area contributed by atoms with Crippen molar-refractivity contribution in [2.75, 3.05) is 35.5 Å². The van der Waals surface area contributed by atoms with Gasteiger partial charge < -0.3 is 9.64 Å². The maximum atomic E-state index is 13.7. The number of rotatable bonds is 8. The van der Waals surface area contributed by atoms with Crippen LogP contribution < -0.4 is 9.21 Å². The molecule has 2 aliphatic rings. The number of carbonyl (C=O) groups is 1. The molecule has 0 aromatic heterocycles. The number of hydrogen-bond donors (Lipinski definition) is 0. The molecular formula is C26H34N2O4S. The van der Waals surface area contributed by atoms with Gasteiger partial charge in [-0.15, -0.1) is 0 Å². The van der Waals surface area contributed by atoms with Crippen molar-refractivity contribution in [1.82, 2.24) is 0 Å². The van der Waals surface area contributed by atoms with Crippen molar-refractivity contribution < 1.29 is 17.9 Å². The fourth-order valence-electron chi connectivity index (χ4n) is 4.61. The average molecular weight is 471 g/mol. The van der Waals surface area contributed by atoms with Gasteiger partial charge in [0.25, 0.3) is 10.0 Å². The van der Waals surface area contributed by atoms with E-state index in [1.165, 1.54) is 9.87 Å². The van der Waals surface area contributed by atoms with Gasteiger partial charge in [0.2, 0.25) is 5.91 Å². The van der Waals surface area contributed by atoms with E-state index in [0.717, 1.165) is 43.7 Å². The number of hydrogen-bond acceptors (Lipinski definition) is 4. The number of carbonyl (C=O) groups excluding carboxylic acids is 1. The third-order valence-corrected chi connectivity index (χ3v) is 8.31. The Morgan fingerprint density at radius 3 is 2.42 bits per heavy atom. The highest BCUT2D eigenvalue weighted by molar-refractivity contribution is 7.92. The summed E-state index contributed by atoms with van der Waals surface area (Å²) in [6.07, 6.45) is 3.05. The number of ether oxygens (including phenoxy) is 1. The Morgan fingerprint density at radius 1 is 1.09 bits per heavy atom. The van der Waals surface area contributed by atoms with E-state index >= 15 is 0 Å². The lowest BCUT2D eigenvalue weighted by Crippen LogP contribution is -2.35. The number of nitrogens with zero attached hydrogens (tertiary/aromatic N) is 2. The van der Waals surface area contributed by atoms with E-state index in [1.54, 1.807) is 18.2 Å². The monoisotopic (exact) mass is 470 g/mol. The number of aryl methyl sites for hydroxylation is 1. The number of benzene rings is 2. The van der Waals surface area contributed by atoms with Gasteiger partial charge in [0.1, 0.15) is 0 Å². The second-order valence-corrected chi connectivity index (χ2v) is 11.3. The van der Waals surface area contributed by atoms with Crippen molar-refractivity contribution in [3.8, 4) is 0 Å². The molecule has 6 nitrogen and oxygen atoms in total. The lowest BCUT2D eigenvalue weighted by atomic mass is 10.00. The molecule has 0 unspecified atom stereocenters. The van der Waals surface area contributed by atoms with Crippen LogP contribution in [0.15, 0.2) is 47.4 Å². The Balaban J connectivity index is 1.63. The standard InChI is InChI=1S/C26H34N2O4S/c1-4-20-5-7-23(8-6-20)28(17-19(2)3)33(30,31)24-9-10-25-22(15-24)16-26(29)27(25)18-21-11-13-32-14-12-21/h5-10,15,19,21H,4,11-14,16-18H2,1-3H3. The van der Waals surface area contributed by atoms with Crippen LogP contribution in [-0.2, 0) is 32.4 Å². The van der Waals surface area contributed by atoms with Gasteiger partial charge in [-0.25, -0.2) is 8.42 Å². The van der Waals surface area contributed by atoms with Gasteiger partial charge in [-0.05, 0) is 72.6 Å². The van der Waals surface area contributed by atoms with Crippen molar-refractivity contribution in [3.63, 3.8) is 0 Å². The van der Waals surface area contributed by atoms with Gasteiger partial charge in [0, 0.05) is 32.0 Å². The topological polar surface area (TPSA) is 66.9 Å². The number of sulfonamides is 1. The zero-order chi connectivity index (χ0) is 23.6. The molecule has 1 saturated heterocycles. The second-order valence-electron chi connectivity index (χ2n) is 9.48. The molecule has 0 spiro atoms. The lowest BCUT2D eigenvalue weighted by Gasteiger charge is -2.28. The minimum atomic E-state index is -3.77. The zero-order valence-corrected chi connectivity index (χ0v) is 20.6. The van der Waals surface area contributed by atoms with Gasteiger partial charge >= 0.3 is 0 Å². The number of anilines is 2. The van der Waals surface area contributed by atoms with Crippen molar-refractivity contribution in [2.45, 2.75) is 51.3 Å². The molecule has 7 heteroatoms. The fraction of sp³-hybridized carbons (Fsp3) is 0.500. The van der Waals surface area contributed by atoms with Crippen molar-refractivity contribution in [2.24, 2.45) is 11.8 Å². The molecule has 33 heavy (non-hydrogen) atoms. The second kappa shape index (κ2) is 9.85. The van der Waals surface area contributed by atoms with E-state index in [-0.39, 0.29) is 23.1 Å². The van der Waals surface area contributed by atoms with Crippen LogP contribution in [0.1, 0.15) is 44.7 Å². The predicted octanol–water partition coefficient (Wildman–Crippen LogP) is 4.42. The normalized spacial score (nSPS) is 17.0. The van der Waals surface area contributed by atoms with E-state index in [0.29, 0.717) is 24.7 Å². The van der Waals surface area contributed by atoms with Gasteiger partial charge in [0.05, 0.1) is 17.0 Å². The molecule has 0 N–H and O–H groups in total. The molecule has 0 aliphatic carbocycles. The molecule has 2 heterocycles. The summed E-state index contributed by atoms with van der Waals surface area (Å²) in [6.45, 7) is 8.64. The summed E-state index contributed by atoms with van der Waals surface area (Å²) in [5.41, 5.74) is 3.46. The van der Waals surface area contributed by atoms with Gasteiger partial charge in [-0.3, -0.25) is 9.10 Å². The average Bonchev–Trinajstić information content (AvgIpc) is 3.12. The Morgan fingerprint density at radius 2 is 1.79 bits per heavy atom. The molecule has 4 rings (SSSR count). The summed E-state index contributed by atoms with van der Waals surface area (Å²) >= 11 is 0. The van der Waals surface area contributed by atoms with E-state index in [2.05, 4.69) is 6.92 Å². The van der Waals surface area contributed by atoms with Crippen LogP contribution in [0.3, 0.4) is 0 Å². The first-order chi connectivity index (χ1) is 15.8. The molecular weight excluding hydrogens is 436 g/mol. The Kier molecular flexibility index (Phi) is 7.10. The molecule has 0 bridgehead atoms. The number of amides is 1. The Bertz CT molecular complexity index is 1090. The lowest BCUT2D eigenvalue weighted by molar-refractivity contribution is -0.117. The molecule has 1 amide bonds. The summed E-state index contributed by atoms with van der Waals surface area (Å²) in [5, 5.41) is 0. The van der Waals surface area contributed by atoms with Crippen LogP contribution in [0.4, 0.5) is 11.4 Å². The summed E-state index contributed by atoms with van der Waals surface area (Å²) < 4.78 is 34.4. The van der Waals surface area contributed by atoms with E-state index < -0.39 is 10.0 Å². The third kappa shape index (κ3) is 5.09. The minimum absolute atomic E-state index is 0.0419. The van der Waals surface area contributed by atoms with E-state index in [9.17, 15) is 13.2 Å². The first kappa shape index (κ1) is 23.8. The Labute approximate surface area is 197 Å². The van der Waals surface area contributed by atoms with Crippen molar-refractivity contribution in [3.05, 3.63) is 53.6 Å². The van der Waals surface area contributed by atoms with Crippen molar-refractivity contribution >= 4 is 27.3 Å². The van der Waals surface area contributed by atoms with Crippen LogP contribution in [0, 0.1) is 11.8 Å².